The average molecular weight is 353 g/mol. The Labute approximate surface area is 132 Å². The zero-order chi connectivity index (χ0) is 15.5. The van der Waals surface area contributed by atoms with Crippen LogP contribution in [0.3, 0.4) is 0 Å². The number of hydrogen-bond acceptors (Lipinski definition) is 5. The van der Waals surface area contributed by atoms with E-state index in [1.54, 1.807) is 4.90 Å². The van der Waals surface area contributed by atoms with E-state index < -0.39 is 5.60 Å². The molecule has 2 heterocycles. The van der Waals surface area contributed by atoms with Gasteiger partial charge >= 0.3 is 132 Å². The van der Waals surface area contributed by atoms with E-state index >= 15 is 0 Å². The second-order valence-electron chi connectivity index (χ2n) is 6.12. The number of hydrogen-bond donors (Lipinski definition) is 1. The third-order valence-electron chi connectivity index (χ3n) is 3.16. The van der Waals surface area contributed by atoms with Crippen molar-refractivity contribution in [3.05, 3.63) is 12.5 Å². The van der Waals surface area contributed by atoms with Gasteiger partial charge in [0.25, 0.3) is 0 Å². The van der Waals surface area contributed by atoms with Gasteiger partial charge in [-0.05, 0) is 0 Å². The van der Waals surface area contributed by atoms with Gasteiger partial charge < -0.3 is 0 Å². The number of aromatic nitrogens is 2. The first-order valence-corrected chi connectivity index (χ1v) is 9.11. The molecule has 6 nitrogen and oxygen atoms in total. The third-order valence-corrected chi connectivity index (χ3v) is 6.32. The second-order valence-corrected chi connectivity index (χ2v) is 9.21. The first kappa shape index (κ1) is 16.1. The number of nitrogen functional groups attached to an aromatic ring is 1. The monoisotopic (exact) mass is 353 g/mol. The summed E-state index contributed by atoms with van der Waals surface area (Å²) in [5.74, 6) is 0.597. The van der Waals surface area contributed by atoms with Crippen molar-refractivity contribution in [2.75, 3.05) is 18.8 Å². The van der Waals surface area contributed by atoms with Gasteiger partial charge in [-0.2, -0.15) is 0 Å². The van der Waals surface area contributed by atoms with Crippen LogP contribution >= 0.6 is 0 Å². The predicted molar refractivity (Wildman–Crippen MR) is 82.6 cm³/mol. The number of anilines is 1. The standard InChI is InChI=1S/C14H22AsN4O2/c1-14(2,3)21-13(20)19-6-4-10(5-7-19)15-11-8-17-9-18-12(11)16/h8-10H,4-7H2,1-3H3,(H2,16,17,18). The Balaban J connectivity index is 1.83. The molecule has 0 spiro atoms. The van der Waals surface area contributed by atoms with Gasteiger partial charge in [-0.25, -0.2) is 0 Å². The second kappa shape index (κ2) is 6.65. The molecule has 1 amide bonds. The average Bonchev–Trinajstić information content (AvgIpc) is 2.40. The quantitative estimate of drug-likeness (QED) is 0.809. The van der Waals surface area contributed by atoms with E-state index in [0.717, 1.165) is 30.3 Å². The number of nitrogens with zero attached hydrogens (tertiary/aromatic N) is 3. The van der Waals surface area contributed by atoms with Crippen molar-refractivity contribution >= 4 is 32.0 Å². The molecule has 2 N–H and O–H groups in total. The van der Waals surface area contributed by atoms with Crippen LogP contribution in [0.25, 0.3) is 0 Å². The molecule has 0 bridgehead atoms. The number of piperidine rings is 1. The maximum atomic E-state index is 12.0. The van der Waals surface area contributed by atoms with Crippen LogP contribution in [0.2, 0.25) is 4.71 Å². The number of carbonyl (C=O) groups excluding carboxylic acids is 1. The number of amides is 1. The van der Waals surface area contributed by atoms with Crippen LogP contribution in [0.5, 0.6) is 0 Å². The van der Waals surface area contributed by atoms with Gasteiger partial charge in [0, 0.05) is 0 Å². The maximum absolute atomic E-state index is 12.0. The van der Waals surface area contributed by atoms with Gasteiger partial charge in [0.2, 0.25) is 0 Å². The van der Waals surface area contributed by atoms with Crippen molar-refractivity contribution < 1.29 is 9.53 Å². The summed E-state index contributed by atoms with van der Waals surface area (Å²) in [4.78, 5) is 21.9. The van der Waals surface area contributed by atoms with E-state index in [9.17, 15) is 4.79 Å². The SMILES string of the molecule is CC(C)(C)OC(=O)N1CCC([As]c2cncnc2N)CC1. The zero-order valence-corrected chi connectivity index (χ0v) is 14.6. The van der Waals surface area contributed by atoms with Gasteiger partial charge in [0.15, 0.2) is 0 Å². The van der Waals surface area contributed by atoms with Crippen LogP contribution in [0.15, 0.2) is 12.5 Å². The Morgan fingerprint density at radius 3 is 2.67 bits per heavy atom. The van der Waals surface area contributed by atoms with Crippen LogP contribution < -0.4 is 10.1 Å². The Morgan fingerprint density at radius 2 is 2.10 bits per heavy atom. The summed E-state index contributed by atoms with van der Waals surface area (Å²) in [5.41, 5.74) is 5.44. The van der Waals surface area contributed by atoms with E-state index in [-0.39, 0.29) is 21.8 Å². The predicted octanol–water partition coefficient (Wildman–Crippen LogP) is 1.21. The normalized spacial score (nSPS) is 17.4. The Morgan fingerprint density at radius 1 is 1.43 bits per heavy atom. The molecule has 0 unspecified atom stereocenters. The van der Waals surface area contributed by atoms with Gasteiger partial charge in [-0.3, -0.25) is 0 Å². The molecule has 1 radical (unpaired) electrons. The van der Waals surface area contributed by atoms with E-state index in [2.05, 4.69) is 9.97 Å². The fraction of sp³-hybridized carbons (Fsp3) is 0.643. The Kier molecular flexibility index (Phi) is 5.09. The van der Waals surface area contributed by atoms with Crippen molar-refractivity contribution in [3.63, 3.8) is 0 Å². The first-order chi connectivity index (χ1) is 9.85. The molecule has 1 fully saturated rings. The molecule has 0 aliphatic carbocycles. The van der Waals surface area contributed by atoms with Crippen LogP contribution in [0, 0.1) is 0 Å². The molecule has 1 saturated heterocycles. The van der Waals surface area contributed by atoms with Crippen molar-refractivity contribution in [1.29, 1.82) is 0 Å². The topological polar surface area (TPSA) is 81.3 Å². The zero-order valence-electron chi connectivity index (χ0n) is 12.7. The molecule has 0 saturated carbocycles. The molecule has 2 rings (SSSR count). The summed E-state index contributed by atoms with van der Waals surface area (Å²) in [6, 6.07) is 0. The summed E-state index contributed by atoms with van der Waals surface area (Å²) in [7, 11) is 0. The molecule has 21 heavy (non-hydrogen) atoms. The van der Waals surface area contributed by atoms with Gasteiger partial charge in [0.05, 0.1) is 0 Å². The molecule has 0 aromatic carbocycles. The van der Waals surface area contributed by atoms with Crippen molar-refractivity contribution in [3.8, 4) is 0 Å². The van der Waals surface area contributed by atoms with Gasteiger partial charge in [-0.15, -0.1) is 0 Å². The van der Waals surface area contributed by atoms with E-state index in [4.69, 9.17) is 10.5 Å². The number of rotatable bonds is 2. The third kappa shape index (κ3) is 4.88. The summed E-state index contributed by atoms with van der Waals surface area (Å²) in [5, 5.41) is 0. The molecule has 7 heteroatoms. The summed E-state index contributed by atoms with van der Waals surface area (Å²) in [6.07, 6.45) is 5.08. The van der Waals surface area contributed by atoms with Crippen LogP contribution in [-0.2, 0) is 4.74 Å². The van der Waals surface area contributed by atoms with Crippen molar-refractivity contribution in [1.82, 2.24) is 14.9 Å². The van der Waals surface area contributed by atoms with Crippen molar-refractivity contribution in [2.24, 2.45) is 0 Å². The Bertz CT molecular complexity index is 496. The summed E-state index contributed by atoms with van der Waals surface area (Å²) < 4.78 is 7.10. The molecule has 0 atom stereocenters. The number of likely N-dealkylation sites (tertiary alicyclic amines) is 1. The minimum absolute atomic E-state index is 0.0520. The van der Waals surface area contributed by atoms with E-state index in [1.807, 2.05) is 27.0 Å². The molecule has 1 aliphatic rings. The van der Waals surface area contributed by atoms with Gasteiger partial charge in [0.1, 0.15) is 0 Å². The number of nitrogens with two attached hydrogens (primary N) is 1. The van der Waals surface area contributed by atoms with Crippen molar-refractivity contribution in [2.45, 2.75) is 43.9 Å². The molecular weight excluding hydrogens is 331 g/mol. The number of ether oxygens (including phenoxy) is 1. The molecule has 1 aliphatic heterocycles. The molecule has 1 aromatic rings. The van der Waals surface area contributed by atoms with Crippen LogP contribution in [-0.4, -0.2) is 55.4 Å². The number of carbonyl (C=O) groups is 1. The minimum atomic E-state index is -0.435. The fourth-order valence-electron chi connectivity index (χ4n) is 2.13. The summed E-state index contributed by atoms with van der Waals surface area (Å²) >= 11 is -0.0520. The van der Waals surface area contributed by atoms with E-state index in [0.29, 0.717) is 10.5 Å². The first-order valence-electron chi connectivity index (χ1n) is 7.09. The van der Waals surface area contributed by atoms with Crippen LogP contribution in [0.1, 0.15) is 33.6 Å². The Hall–Kier alpha value is -1.29. The molecule has 115 valence electrons. The molecular formula is C14H22AsN4O2. The van der Waals surface area contributed by atoms with Gasteiger partial charge in [-0.1, -0.05) is 0 Å². The molecule has 1 aromatic heterocycles. The van der Waals surface area contributed by atoms with Crippen LogP contribution in [0.4, 0.5) is 10.6 Å². The summed E-state index contributed by atoms with van der Waals surface area (Å²) in [6.45, 7) is 7.17. The fourth-order valence-corrected chi connectivity index (χ4v) is 4.66. The van der Waals surface area contributed by atoms with E-state index in [1.165, 1.54) is 6.33 Å².